The summed E-state index contributed by atoms with van der Waals surface area (Å²) in [5, 5.41) is 10.6. The van der Waals surface area contributed by atoms with Crippen LogP contribution in [0.5, 0.6) is 5.75 Å². The first kappa shape index (κ1) is 18.7. The van der Waals surface area contributed by atoms with E-state index in [4.69, 9.17) is 16.3 Å². The van der Waals surface area contributed by atoms with E-state index in [1.54, 1.807) is 73.7 Å². The number of hydrogen-bond donors (Lipinski definition) is 1. The Kier molecular flexibility index (Phi) is 5.57. The summed E-state index contributed by atoms with van der Waals surface area (Å²) in [7, 11) is 0. The Morgan fingerprint density at radius 3 is 2.26 bits per heavy atom. The number of ketones is 1. The first-order valence-electron chi connectivity index (χ1n) is 8.31. The Labute approximate surface area is 162 Å². The lowest BCUT2D eigenvalue weighted by Gasteiger charge is -2.18. The Morgan fingerprint density at radius 1 is 0.926 bits per heavy atom. The molecule has 0 unspecified atom stereocenters. The predicted molar refractivity (Wildman–Crippen MR) is 103 cm³/mol. The van der Waals surface area contributed by atoms with Gasteiger partial charge in [0.25, 0.3) is 0 Å². The molecule has 0 spiro atoms. The van der Waals surface area contributed by atoms with E-state index in [2.05, 4.69) is 0 Å². The molecule has 3 aromatic carbocycles. The topological polar surface area (TPSA) is 63.6 Å². The Morgan fingerprint density at radius 2 is 1.59 bits per heavy atom. The summed E-state index contributed by atoms with van der Waals surface area (Å²) in [6.45, 7) is 1.68. The van der Waals surface area contributed by atoms with Gasteiger partial charge in [-0.05, 0) is 30.7 Å². The molecule has 0 aromatic heterocycles. The van der Waals surface area contributed by atoms with Gasteiger partial charge in [0.2, 0.25) is 5.78 Å². The van der Waals surface area contributed by atoms with Gasteiger partial charge in [-0.1, -0.05) is 66.2 Å². The summed E-state index contributed by atoms with van der Waals surface area (Å²) >= 11 is 5.93. The highest BCUT2D eigenvalue weighted by Crippen LogP contribution is 2.28. The zero-order chi connectivity index (χ0) is 19.4. The maximum Gasteiger partial charge on any atom is 0.342 e. The van der Waals surface area contributed by atoms with Gasteiger partial charge in [0.15, 0.2) is 6.10 Å². The first-order chi connectivity index (χ1) is 13.0. The van der Waals surface area contributed by atoms with Gasteiger partial charge in [-0.15, -0.1) is 0 Å². The number of phenols is 1. The molecular formula is C22H17ClO4. The molecule has 0 fully saturated rings. The van der Waals surface area contributed by atoms with Gasteiger partial charge in [0, 0.05) is 16.1 Å². The molecule has 136 valence electrons. The summed E-state index contributed by atoms with van der Waals surface area (Å²) in [4.78, 5) is 25.6. The summed E-state index contributed by atoms with van der Waals surface area (Å²) in [6.07, 6.45) is -1.16. The third-order valence-electron chi connectivity index (χ3n) is 4.15. The molecule has 3 aromatic rings. The second-order valence-corrected chi connectivity index (χ2v) is 6.47. The average molecular weight is 381 g/mol. The molecule has 0 aliphatic carbocycles. The van der Waals surface area contributed by atoms with Gasteiger partial charge in [-0.25, -0.2) is 4.79 Å². The van der Waals surface area contributed by atoms with Gasteiger partial charge < -0.3 is 9.84 Å². The van der Waals surface area contributed by atoms with Gasteiger partial charge in [-0.2, -0.15) is 0 Å². The SMILES string of the molecule is Cc1cccc(C(=O)O[C@@H](C(=O)c2ccccc2)c2ccc(Cl)cc2)c1O. The van der Waals surface area contributed by atoms with Crippen molar-refractivity contribution in [2.24, 2.45) is 0 Å². The fourth-order valence-corrected chi connectivity index (χ4v) is 2.78. The molecule has 0 radical (unpaired) electrons. The zero-order valence-corrected chi connectivity index (χ0v) is 15.3. The van der Waals surface area contributed by atoms with Crippen molar-refractivity contribution in [2.45, 2.75) is 13.0 Å². The molecule has 0 heterocycles. The van der Waals surface area contributed by atoms with E-state index in [9.17, 15) is 14.7 Å². The van der Waals surface area contributed by atoms with Crippen LogP contribution in [0.4, 0.5) is 0 Å². The quantitative estimate of drug-likeness (QED) is 0.492. The fraction of sp³-hybridized carbons (Fsp3) is 0.0909. The number of benzene rings is 3. The van der Waals surface area contributed by atoms with Gasteiger partial charge in [0.1, 0.15) is 11.3 Å². The van der Waals surface area contributed by atoms with Crippen LogP contribution >= 0.6 is 11.6 Å². The highest BCUT2D eigenvalue weighted by molar-refractivity contribution is 6.30. The van der Waals surface area contributed by atoms with Crippen LogP contribution in [0.15, 0.2) is 72.8 Å². The van der Waals surface area contributed by atoms with Gasteiger partial charge in [-0.3, -0.25) is 4.79 Å². The molecule has 5 heteroatoms. The normalized spacial score (nSPS) is 11.6. The maximum absolute atomic E-state index is 13.0. The molecule has 0 saturated carbocycles. The van der Waals surface area contributed by atoms with Crippen LogP contribution in [0.1, 0.15) is 37.9 Å². The Hall–Kier alpha value is -3.11. The lowest BCUT2D eigenvalue weighted by molar-refractivity contribution is 0.0277. The number of rotatable bonds is 5. The van der Waals surface area contributed by atoms with E-state index in [1.165, 1.54) is 6.07 Å². The number of hydrogen-bond acceptors (Lipinski definition) is 4. The number of esters is 1. The number of halogens is 1. The molecule has 0 aliphatic rings. The molecule has 3 rings (SSSR count). The van der Waals surface area contributed by atoms with E-state index < -0.39 is 12.1 Å². The smallest absolute Gasteiger partial charge is 0.342 e. The van der Waals surface area contributed by atoms with Crippen LogP contribution in [-0.2, 0) is 4.74 Å². The lowest BCUT2D eigenvalue weighted by Crippen LogP contribution is -2.20. The van der Waals surface area contributed by atoms with E-state index in [-0.39, 0.29) is 17.1 Å². The fourth-order valence-electron chi connectivity index (χ4n) is 2.66. The second kappa shape index (κ2) is 8.06. The molecule has 4 nitrogen and oxygen atoms in total. The van der Waals surface area contributed by atoms with Crippen LogP contribution in [0, 0.1) is 6.92 Å². The predicted octanol–water partition coefficient (Wildman–Crippen LogP) is 5.14. The number of aryl methyl sites for hydroxylation is 1. The van der Waals surface area contributed by atoms with E-state index in [1.807, 2.05) is 0 Å². The van der Waals surface area contributed by atoms with Crippen LogP contribution in [0.3, 0.4) is 0 Å². The monoisotopic (exact) mass is 380 g/mol. The molecular weight excluding hydrogens is 364 g/mol. The second-order valence-electron chi connectivity index (χ2n) is 6.04. The third kappa shape index (κ3) is 4.18. The summed E-state index contributed by atoms with van der Waals surface area (Å²) < 4.78 is 5.52. The Balaban J connectivity index is 1.97. The standard InChI is InChI=1S/C22H17ClO4/c1-14-6-5-9-18(19(14)24)22(26)27-21(16-10-12-17(23)13-11-16)20(25)15-7-3-2-4-8-15/h2-13,21,24H,1H3/t21-/m1/s1. The largest absolute Gasteiger partial charge is 0.507 e. The number of ether oxygens (including phenoxy) is 1. The number of Topliss-reactive ketones (excluding diaryl/α,β-unsaturated/α-hetero) is 1. The van der Waals surface area contributed by atoms with Crippen molar-refractivity contribution in [1.29, 1.82) is 0 Å². The van der Waals surface area contributed by atoms with Gasteiger partial charge in [0.05, 0.1) is 0 Å². The molecule has 1 atom stereocenters. The van der Waals surface area contributed by atoms with Crippen molar-refractivity contribution >= 4 is 23.4 Å². The van der Waals surface area contributed by atoms with Crippen molar-refractivity contribution in [3.8, 4) is 5.75 Å². The first-order valence-corrected chi connectivity index (χ1v) is 8.69. The molecule has 0 aliphatic heterocycles. The highest BCUT2D eigenvalue weighted by atomic mass is 35.5. The van der Waals surface area contributed by atoms with Crippen LogP contribution < -0.4 is 0 Å². The van der Waals surface area contributed by atoms with Crippen molar-refractivity contribution in [1.82, 2.24) is 0 Å². The minimum absolute atomic E-state index is 0.00910. The van der Waals surface area contributed by atoms with Crippen molar-refractivity contribution in [3.63, 3.8) is 0 Å². The van der Waals surface area contributed by atoms with Crippen LogP contribution in [0.25, 0.3) is 0 Å². The third-order valence-corrected chi connectivity index (χ3v) is 4.40. The molecule has 1 N–H and O–H groups in total. The van der Waals surface area contributed by atoms with Crippen molar-refractivity contribution in [3.05, 3.63) is 100 Å². The number of carbonyl (C=O) groups is 2. The maximum atomic E-state index is 13.0. The van der Waals surface area contributed by atoms with E-state index in [0.717, 1.165) is 0 Å². The Bertz CT molecular complexity index is 965. The zero-order valence-electron chi connectivity index (χ0n) is 14.6. The summed E-state index contributed by atoms with van der Waals surface area (Å²) in [6, 6.07) is 19.9. The van der Waals surface area contributed by atoms with Crippen LogP contribution in [0.2, 0.25) is 5.02 Å². The summed E-state index contributed by atoms with van der Waals surface area (Å²) in [5.41, 5.74) is 1.46. The van der Waals surface area contributed by atoms with Crippen molar-refractivity contribution in [2.75, 3.05) is 0 Å². The van der Waals surface area contributed by atoms with Gasteiger partial charge >= 0.3 is 5.97 Å². The van der Waals surface area contributed by atoms with E-state index in [0.29, 0.717) is 21.7 Å². The lowest BCUT2D eigenvalue weighted by atomic mass is 9.99. The van der Waals surface area contributed by atoms with E-state index >= 15 is 0 Å². The molecule has 0 bridgehead atoms. The van der Waals surface area contributed by atoms with Crippen LogP contribution in [-0.4, -0.2) is 16.9 Å². The number of para-hydroxylation sites is 1. The number of phenolic OH excluding ortho intramolecular Hbond substituents is 1. The number of carbonyl (C=O) groups excluding carboxylic acids is 2. The minimum Gasteiger partial charge on any atom is -0.507 e. The number of aromatic hydroxyl groups is 1. The van der Waals surface area contributed by atoms with Crippen molar-refractivity contribution < 1.29 is 19.4 Å². The average Bonchev–Trinajstić information content (AvgIpc) is 2.69. The minimum atomic E-state index is -1.16. The molecule has 0 saturated heterocycles. The molecule has 0 amide bonds. The summed E-state index contributed by atoms with van der Waals surface area (Å²) in [5.74, 6) is -1.30. The highest BCUT2D eigenvalue weighted by Gasteiger charge is 2.28. The molecule has 27 heavy (non-hydrogen) atoms.